The van der Waals surface area contributed by atoms with Gasteiger partial charge in [0.25, 0.3) is 0 Å². The van der Waals surface area contributed by atoms with Gasteiger partial charge < -0.3 is 25.2 Å². The van der Waals surface area contributed by atoms with Crippen molar-refractivity contribution in [3.8, 4) is 5.75 Å². The van der Waals surface area contributed by atoms with Crippen LogP contribution < -0.4 is 15.4 Å². The van der Waals surface area contributed by atoms with Crippen LogP contribution in [-0.2, 0) is 17.9 Å². The number of alkyl halides is 2. The maximum absolute atomic E-state index is 12.2. The molecular formula is C21H28F2IN3O3. The Bertz CT molecular complexity index is 759. The van der Waals surface area contributed by atoms with Crippen LogP contribution in [0.1, 0.15) is 29.7 Å². The van der Waals surface area contributed by atoms with Gasteiger partial charge in [-0.15, -0.1) is 24.0 Å². The summed E-state index contributed by atoms with van der Waals surface area (Å²) in [6.07, 6.45) is -0.826. The molecule has 0 saturated heterocycles. The summed E-state index contributed by atoms with van der Waals surface area (Å²) in [7, 11) is 1.66. The third kappa shape index (κ3) is 9.23. The number of aliphatic hydroxyl groups is 1. The van der Waals surface area contributed by atoms with Gasteiger partial charge in [0.15, 0.2) is 5.96 Å². The van der Waals surface area contributed by atoms with E-state index in [4.69, 9.17) is 4.74 Å². The van der Waals surface area contributed by atoms with Crippen molar-refractivity contribution in [1.29, 1.82) is 0 Å². The molecule has 0 saturated carbocycles. The lowest BCUT2D eigenvalue weighted by Crippen LogP contribution is -2.39. The van der Waals surface area contributed by atoms with Gasteiger partial charge >= 0.3 is 6.61 Å². The van der Waals surface area contributed by atoms with Gasteiger partial charge in [0, 0.05) is 20.2 Å². The summed E-state index contributed by atoms with van der Waals surface area (Å²) >= 11 is 0. The zero-order chi connectivity index (χ0) is 21.1. The summed E-state index contributed by atoms with van der Waals surface area (Å²) in [5, 5.41) is 16.5. The number of benzene rings is 2. The van der Waals surface area contributed by atoms with Crippen LogP contribution in [0.2, 0.25) is 0 Å². The Labute approximate surface area is 192 Å². The highest BCUT2D eigenvalue weighted by atomic mass is 127. The number of aliphatic hydroxyl groups excluding tert-OH is 1. The van der Waals surface area contributed by atoms with Crippen molar-refractivity contribution < 1.29 is 23.4 Å². The van der Waals surface area contributed by atoms with E-state index in [1.165, 1.54) is 12.1 Å². The van der Waals surface area contributed by atoms with Crippen molar-refractivity contribution in [2.45, 2.75) is 32.8 Å². The van der Waals surface area contributed by atoms with Crippen LogP contribution >= 0.6 is 24.0 Å². The predicted molar refractivity (Wildman–Crippen MR) is 123 cm³/mol. The van der Waals surface area contributed by atoms with Gasteiger partial charge in [0.1, 0.15) is 5.75 Å². The van der Waals surface area contributed by atoms with Crippen molar-refractivity contribution in [2.75, 3.05) is 20.2 Å². The van der Waals surface area contributed by atoms with E-state index in [1.807, 2.05) is 31.2 Å². The van der Waals surface area contributed by atoms with E-state index in [-0.39, 0.29) is 36.3 Å². The molecule has 1 atom stereocenters. The van der Waals surface area contributed by atoms with Gasteiger partial charge in [-0.1, -0.05) is 36.4 Å². The second kappa shape index (κ2) is 14.1. The Morgan fingerprint density at radius 3 is 2.23 bits per heavy atom. The molecule has 9 heteroatoms. The Balaban J connectivity index is 0.00000450. The number of aliphatic imine (C=N–C) groups is 1. The minimum absolute atomic E-state index is 0. The quantitative estimate of drug-likeness (QED) is 0.245. The molecule has 0 aliphatic carbocycles. The molecule has 1 unspecified atom stereocenters. The molecule has 2 aromatic rings. The SMILES string of the molecule is CCNC(=NCc1ccc(COC)cc1)NCC(O)c1ccc(OC(F)F)cc1.I. The fourth-order valence-electron chi connectivity index (χ4n) is 2.60. The molecule has 2 aromatic carbocycles. The average molecular weight is 535 g/mol. The molecule has 0 aliphatic heterocycles. The molecule has 0 amide bonds. The van der Waals surface area contributed by atoms with E-state index in [9.17, 15) is 13.9 Å². The molecule has 0 heterocycles. The molecule has 30 heavy (non-hydrogen) atoms. The smallest absolute Gasteiger partial charge is 0.387 e. The van der Waals surface area contributed by atoms with Gasteiger partial charge in [-0.25, -0.2) is 4.99 Å². The summed E-state index contributed by atoms with van der Waals surface area (Å²) in [5.74, 6) is 0.625. The van der Waals surface area contributed by atoms with E-state index < -0.39 is 12.7 Å². The van der Waals surface area contributed by atoms with Gasteiger partial charge in [-0.05, 0) is 35.7 Å². The highest BCUT2D eigenvalue weighted by Gasteiger charge is 2.10. The normalized spacial score (nSPS) is 12.3. The monoisotopic (exact) mass is 535 g/mol. The van der Waals surface area contributed by atoms with Crippen LogP contribution in [-0.4, -0.2) is 37.9 Å². The Kier molecular flexibility index (Phi) is 12.2. The summed E-state index contributed by atoms with van der Waals surface area (Å²) in [6, 6.07) is 13.9. The number of nitrogens with zero attached hydrogens (tertiary/aromatic N) is 1. The minimum Gasteiger partial charge on any atom is -0.435 e. The lowest BCUT2D eigenvalue weighted by molar-refractivity contribution is -0.0498. The van der Waals surface area contributed by atoms with E-state index in [0.717, 1.165) is 11.1 Å². The minimum atomic E-state index is -2.87. The second-order valence-electron chi connectivity index (χ2n) is 6.29. The van der Waals surface area contributed by atoms with E-state index in [1.54, 1.807) is 19.2 Å². The largest absolute Gasteiger partial charge is 0.435 e. The summed E-state index contributed by atoms with van der Waals surface area (Å²) in [4.78, 5) is 4.52. The number of guanidine groups is 1. The molecule has 0 bridgehead atoms. The van der Waals surface area contributed by atoms with Crippen LogP contribution in [0, 0.1) is 0 Å². The summed E-state index contributed by atoms with van der Waals surface area (Å²) in [6.45, 7) is 1.03. The summed E-state index contributed by atoms with van der Waals surface area (Å²) in [5.41, 5.74) is 2.74. The highest BCUT2D eigenvalue weighted by molar-refractivity contribution is 14.0. The molecular weight excluding hydrogens is 507 g/mol. The molecule has 3 N–H and O–H groups in total. The lowest BCUT2D eigenvalue weighted by Gasteiger charge is -2.16. The van der Waals surface area contributed by atoms with E-state index in [2.05, 4.69) is 20.4 Å². The molecule has 0 aliphatic rings. The van der Waals surface area contributed by atoms with E-state index >= 15 is 0 Å². The molecule has 0 fully saturated rings. The molecule has 0 radical (unpaired) electrons. The topological polar surface area (TPSA) is 75.1 Å². The van der Waals surface area contributed by atoms with Gasteiger partial charge in [-0.3, -0.25) is 0 Å². The first kappa shape index (κ1) is 26.1. The van der Waals surface area contributed by atoms with Crippen molar-refractivity contribution >= 4 is 29.9 Å². The molecule has 0 aromatic heterocycles. The van der Waals surface area contributed by atoms with E-state index in [0.29, 0.717) is 31.2 Å². The van der Waals surface area contributed by atoms with Gasteiger partial charge in [-0.2, -0.15) is 8.78 Å². The number of methoxy groups -OCH3 is 1. The van der Waals surface area contributed by atoms with Crippen LogP contribution in [0.15, 0.2) is 53.5 Å². The zero-order valence-corrected chi connectivity index (χ0v) is 19.3. The first-order valence-corrected chi connectivity index (χ1v) is 9.33. The number of nitrogens with one attached hydrogen (secondary N) is 2. The summed E-state index contributed by atoms with van der Waals surface area (Å²) < 4.78 is 33.8. The average Bonchev–Trinajstić information content (AvgIpc) is 2.71. The van der Waals surface area contributed by atoms with Crippen molar-refractivity contribution in [2.24, 2.45) is 4.99 Å². The molecule has 166 valence electrons. The first-order chi connectivity index (χ1) is 14.0. The van der Waals surface area contributed by atoms with Gasteiger partial charge in [0.05, 0.1) is 19.3 Å². The third-order valence-corrected chi connectivity index (χ3v) is 4.05. The Hall–Kier alpha value is -1.98. The Morgan fingerprint density at radius 2 is 1.67 bits per heavy atom. The highest BCUT2D eigenvalue weighted by Crippen LogP contribution is 2.19. The third-order valence-electron chi connectivity index (χ3n) is 4.05. The van der Waals surface area contributed by atoms with Crippen molar-refractivity contribution in [3.63, 3.8) is 0 Å². The van der Waals surface area contributed by atoms with Crippen molar-refractivity contribution in [3.05, 3.63) is 65.2 Å². The van der Waals surface area contributed by atoms with Crippen molar-refractivity contribution in [1.82, 2.24) is 10.6 Å². The molecule has 0 spiro atoms. The second-order valence-corrected chi connectivity index (χ2v) is 6.29. The van der Waals surface area contributed by atoms with Crippen LogP contribution in [0.3, 0.4) is 0 Å². The lowest BCUT2D eigenvalue weighted by atomic mass is 10.1. The van der Waals surface area contributed by atoms with Crippen LogP contribution in [0.4, 0.5) is 8.78 Å². The maximum atomic E-state index is 12.2. The van der Waals surface area contributed by atoms with Crippen LogP contribution in [0.5, 0.6) is 5.75 Å². The number of rotatable bonds is 10. The predicted octanol–water partition coefficient (Wildman–Crippen LogP) is 3.84. The molecule has 2 rings (SSSR count). The van der Waals surface area contributed by atoms with Gasteiger partial charge in [0.2, 0.25) is 0 Å². The fourth-order valence-corrected chi connectivity index (χ4v) is 2.60. The number of hydrogen-bond donors (Lipinski definition) is 3. The standard InChI is InChI=1S/C21H27F2N3O3.HI/c1-3-24-21(25-12-15-4-6-16(7-5-15)14-28-2)26-13-19(27)17-8-10-18(11-9-17)29-20(22)23;/h4-11,19-20,27H,3,12-14H2,1-2H3,(H2,24,25,26);1H. The fraction of sp³-hybridized carbons (Fsp3) is 0.381. The molecule has 6 nitrogen and oxygen atoms in total. The maximum Gasteiger partial charge on any atom is 0.387 e. The van der Waals surface area contributed by atoms with Crippen LogP contribution in [0.25, 0.3) is 0 Å². The number of ether oxygens (including phenoxy) is 2. The Morgan fingerprint density at radius 1 is 1.03 bits per heavy atom. The number of hydrogen-bond acceptors (Lipinski definition) is 4. The zero-order valence-electron chi connectivity index (χ0n) is 17.0. The first-order valence-electron chi connectivity index (χ1n) is 9.33. The number of halogens is 3.